The van der Waals surface area contributed by atoms with Crippen LogP contribution in [0.15, 0.2) is 27.5 Å². The molecule has 0 amide bonds. The van der Waals surface area contributed by atoms with Crippen LogP contribution in [0.25, 0.3) is 11.4 Å². The summed E-state index contributed by atoms with van der Waals surface area (Å²) in [6.45, 7) is 5.64. The number of nitrogens with one attached hydrogen (secondary N) is 2. The lowest BCUT2D eigenvalue weighted by molar-refractivity contribution is 0.167. The van der Waals surface area contributed by atoms with Crippen molar-refractivity contribution in [2.75, 3.05) is 24.3 Å². The van der Waals surface area contributed by atoms with Crippen LogP contribution >= 0.6 is 0 Å². The number of ether oxygens (including phenoxy) is 1. The molecule has 0 aliphatic carbocycles. The van der Waals surface area contributed by atoms with Gasteiger partial charge in [-0.25, -0.2) is 4.79 Å². The smallest absolute Gasteiger partial charge is 0.397 e. The first-order valence-corrected chi connectivity index (χ1v) is 6.76. The highest BCUT2D eigenvalue weighted by Gasteiger charge is 2.35. The van der Waals surface area contributed by atoms with Crippen molar-refractivity contribution < 1.29 is 9.26 Å². The predicted octanol–water partition coefficient (Wildman–Crippen LogP) is 1.45. The lowest BCUT2D eigenvalue weighted by Gasteiger charge is -2.27. The molecule has 0 bridgehead atoms. The standard InChI is InChI=1S/C14H18N4O3/c1-14(2)7-20-6-11(14)16-10-5-8(3-4-9(10)15)12-17-13(19)21-18-12/h3-5,11,16H,6-7,15H2,1-2H3,(H,17,18,19)/t11-/m1/s1. The molecule has 7 heteroatoms. The third kappa shape index (κ3) is 2.64. The molecule has 2 aromatic rings. The minimum absolute atomic E-state index is 0.0324. The lowest BCUT2D eigenvalue weighted by Crippen LogP contribution is -2.34. The minimum Gasteiger partial charge on any atom is -0.397 e. The van der Waals surface area contributed by atoms with Gasteiger partial charge in [-0.1, -0.05) is 19.0 Å². The van der Waals surface area contributed by atoms with Gasteiger partial charge in [0.15, 0.2) is 5.82 Å². The summed E-state index contributed by atoms with van der Waals surface area (Å²) in [6, 6.07) is 5.57. The summed E-state index contributed by atoms with van der Waals surface area (Å²) in [5.74, 6) is -0.202. The van der Waals surface area contributed by atoms with E-state index in [9.17, 15) is 4.79 Å². The fourth-order valence-corrected chi connectivity index (χ4v) is 2.37. The summed E-state index contributed by atoms with van der Waals surface area (Å²) in [7, 11) is 0. The van der Waals surface area contributed by atoms with Crippen LogP contribution in [0.1, 0.15) is 13.8 Å². The summed E-state index contributed by atoms with van der Waals surface area (Å²) in [5, 5.41) is 7.10. The van der Waals surface area contributed by atoms with Gasteiger partial charge in [0.05, 0.1) is 30.6 Å². The van der Waals surface area contributed by atoms with Crippen LogP contribution in [0.2, 0.25) is 0 Å². The Kier molecular flexibility index (Phi) is 3.21. The highest BCUT2D eigenvalue weighted by Crippen LogP contribution is 2.33. The molecular weight excluding hydrogens is 272 g/mol. The van der Waals surface area contributed by atoms with Crippen molar-refractivity contribution in [1.29, 1.82) is 0 Å². The average Bonchev–Trinajstić information content (AvgIpc) is 2.99. The minimum atomic E-state index is -0.582. The maximum Gasteiger partial charge on any atom is 0.439 e. The maximum absolute atomic E-state index is 11.0. The Morgan fingerprint density at radius 2 is 2.29 bits per heavy atom. The molecular formula is C14H18N4O3. The number of aromatic amines is 1. The van der Waals surface area contributed by atoms with Crippen molar-refractivity contribution in [1.82, 2.24) is 10.1 Å². The molecule has 1 aliphatic heterocycles. The number of aromatic nitrogens is 2. The van der Waals surface area contributed by atoms with E-state index in [4.69, 9.17) is 10.5 Å². The Morgan fingerprint density at radius 1 is 1.48 bits per heavy atom. The van der Waals surface area contributed by atoms with Gasteiger partial charge in [0.25, 0.3) is 0 Å². The molecule has 112 valence electrons. The van der Waals surface area contributed by atoms with Gasteiger partial charge in [-0.05, 0) is 18.2 Å². The van der Waals surface area contributed by atoms with Crippen LogP contribution in [0, 0.1) is 5.41 Å². The second-order valence-corrected chi connectivity index (χ2v) is 5.95. The van der Waals surface area contributed by atoms with E-state index in [-0.39, 0.29) is 11.5 Å². The molecule has 21 heavy (non-hydrogen) atoms. The summed E-state index contributed by atoms with van der Waals surface area (Å²) in [6.07, 6.45) is 0. The zero-order chi connectivity index (χ0) is 15.0. The van der Waals surface area contributed by atoms with Crippen molar-refractivity contribution in [3.05, 3.63) is 28.7 Å². The topological polar surface area (TPSA) is 106 Å². The number of benzene rings is 1. The number of nitrogens with two attached hydrogens (primary N) is 1. The van der Waals surface area contributed by atoms with Crippen molar-refractivity contribution in [2.45, 2.75) is 19.9 Å². The monoisotopic (exact) mass is 290 g/mol. The van der Waals surface area contributed by atoms with Gasteiger partial charge >= 0.3 is 5.76 Å². The van der Waals surface area contributed by atoms with Crippen LogP contribution < -0.4 is 16.8 Å². The number of nitrogens with zero attached hydrogens (tertiary/aromatic N) is 1. The van der Waals surface area contributed by atoms with E-state index >= 15 is 0 Å². The van der Waals surface area contributed by atoms with E-state index < -0.39 is 5.76 Å². The largest absolute Gasteiger partial charge is 0.439 e. The van der Waals surface area contributed by atoms with E-state index in [1.807, 2.05) is 6.07 Å². The highest BCUT2D eigenvalue weighted by molar-refractivity contribution is 5.73. The fraction of sp³-hybridized carbons (Fsp3) is 0.429. The van der Waals surface area contributed by atoms with E-state index in [1.54, 1.807) is 12.1 Å². The number of hydrogen-bond donors (Lipinski definition) is 3. The van der Waals surface area contributed by atoms with Gasteiger partial charge in [0.2, 0.25) is 0 Å². The molecule has 2 heterocycles. The van der Waals surface area contributed by atoms with Crippen molar-refractivity contribution in [2.24, 2.45) is 5.41 Å². The number of H-pyrrole nitrogens is 1. The van der Waals surface area contributed by atoms with Crippen LogP contribution in [-0.4, -0.2) is 29.4 Å². The zero-order valence-electron chi connectivity index (χ0n) is 12.0. The Bertz CT molecular complexity index is 704. The second-order valence-electron chi connectivity index (χ2n) is 5.95. The molecule has 7 nitrogen and oxygen atoms in total. The van der Waals surface area contributed by atoms with Gasteiger partial charge in [-0.3, -0.25) is 9.51 Å². The quantitative estimate of drug-likeness (QED) is 0.739. The first-order valence-electron chi connectivity index (χ1n) is 6.76. The number of rotatable bonds is 3. The van der Waals surface area contributed by atoms with Gasteiger partial charge in [-0.15, -0.1) is 0 Å². The van der Waals surface area contributed by atoms with Gasteiger partial charge in [0.1, 0.15) is 0 Å². The van der Waals surface area contributed by atoms with Crippen molar-refractivity contribution in [3.63, 3.8) is 0 Å². The summed E-state index contributed by atoms with van der Waals surface area (Å²) in [5.41, 5.74) is 8.21. The molecule has 1 aliphatic rings. The SMILES string of the molecule is CC1(C)COC[C@H]1Nc1cc(-c2noc(=O)[nH]2)ccc1N. The highest BCUT2D eigenvalue weighted by atomic mass is 16.5. The second kappa shape index (κ2) is 4.92. The van der Waals surface area contributed by atoms with E-state index in [0.717, 1.165) is 11.3 Å². The van der Waals surface area contributed by atoms with Crippen molar-refractivity contribution >= 4 is 11.4 Å². The molecule has 3 rings (SSSR count). The van der Waals surface area contributed by atoms with E-state index in [0.29, 0.717) is 24.7 Å². The maximum atomic E-state index is 11.0. The summed E-state index contributed by atoms with van der Waals surface area (Å²) in [4.78, 5) is 13.6. The average molecular weight is 290 g/mol. The molecule has 1 saturated heterocycles. The first kappa shape index (κ1) is 13.7. The number of anilines is 2. The van der Waals surface area contributed by atoms with Gasteiger partial charge in [-0.2, -0.15) is 0 Å². The molecule has 1 atom stereocenters. The van der Waals surface area contributed by atoms with Crippen LogP contribution in [0.5, 0.6) is 0 Å². The third-order valence-electron chi connectivity index (χ3n) is 3.80. The van der Waals surface area contributed by atoms with E-state index in [2.05, 4.69) is 33.8 Å². The zero-order valence-corrected chi connectivity index (χ0v) is 12.0. The molecule has 0 spiro atoms. The van der Waals surface area contributed by atoms with E-state index in [1.165, 1.54) is 0 Å². The number of nitrogen functional groups attached to an aromatic ring is 1. The summed E-state index contributed by atoms with van der Waals surface area (Å²) < 4.78 is 10.0. The Labute approximate surface area is 121 Å². The lowest BCUT2D eigenvalue weighted by atomic mass is 9.87. The van der Waals surface area contributed by atoms with Crippen LogP contribution in [-0.2, 0) is 4.74 Å². The summed E-state index contributed by atoms with van der Waals surface area (Å²) >= 11 is 0. The Hall–Kier alpha value is -2.28. The van der Waals surface area contributed by atoms with Crippen molar-refractivity contribution in [3.8, 4) is 11.4 Å². The number of hydrogen-bond acceptors (Lipinski definition) is 6. The molecule has 0 unspecified atom stereocenters. The normalized spacial score (nSPS) is 20.6. The molecule has 0 saturated carbocycles. The molecule has 1 aromatic carbocycles. The predicted molar refractivity (Wildman–Crippen MR) is 79.0 cm³/mol. The molecule has 1 fully saturated rings. The molecule has 0 radical (unpaired) electrons. The Balaban J connectivity index is 1.90. The Morgan fingerprint density at radius 3 is 2.90 bits per heavy atom. The third-order valence-corrected chi connectivity index (χ3v) is 3.80. The van der Waals surface area contributed by atoms with Crippen LogP contribution in [0.3, 0.4) is 0 Å². The molecule has 1 aromatic heterocycles. The van der Waals surface area contributed by atoms with Gasteiger partial charge in [0, 0.05) is 11.0 Å². The molecule has 4 N–H and O–H groups in total. The van der Waals surface area contributed by atoms with Crippen LogP contribution in [0.4, 0.5) is 11.4 Å². The first-order chi connectivity index (χ1) is 9.95. The van der Waals surface area contributed by atoms with Gasteiger partial charge < -0.3 is 15.8 Å². The fourth-order valence-electron chi connectivity index (χ4n) is 2.37.